The van der Waals surface area contributed by atoms with Gasteiger partial charge in [-0.15, -0.1) is 11.3 Å². The number of benzene rings is 2. The van der Waals surface area contributed by atoms with Gasteiger partial charge < -0.3 is 43.9 Å². The smallest absolute Gasteiger partial charge is 0.329 e. The second-order valence-electron chi connectivity index (χ2n) is 35.3. The summed E-state index contributed by atoms with van der Waals surface area (Å²) in [5.74, 6) is -4.81. The van der Waals surface area contributed by atoms with E-state index in [1.54, 1.807) is 50.5 Å². The van der Waals surface area contributed by atoms with E-state index in [0.29, 0.717) is 57.4 Å². The number of carbonyl (C=O) groups is 11. The molecule has 0 aliphatic carbocycles. The molecule has 1 N–H and O–H groups in total. The normalized spacial score (nSPS) is 20.0. The number of likely N-dealkylation sites (tertiary alicyclic amines) is 3. The lowest BCUT2D eigenvalue weighted by Gasteiger charge is -2.41. The van der Waals surface area contributed by atoms with E-state index in [-0.39, 0.29) is 150 Å². The van der Waals surface area contributed by atoms with Gasteiger partial charge >= 0.3 is 5.97 Å². The van der Waals surface area contributed by atoms with Gasteiger partial charge in [0, 0.05) is 120 Å². The Kier molecular flexibility index (Phi) is 37.4. The monoisotopic (exact) mass is 1600 g/mol. The third-order valence-corrected chi connectivity index (χ3v) is 25.4. The summed E-state index contributed by atoms with van der Waals surface area (Å²) in [6.07, 6.45) is 6.61. The van der Waals surface area contributed by atoms with Crippen molar-refractivity contribution in [3.05, 3.63) is 100 Å². The topological polar surface area (TPSA) is 266 Å². The fourth-order valence-electron chi connectivity index (χ4n) is 18.2. The first-order chi connectivity index (χ1) is 53.9. The van der Waals surface area contributed by atoms with Crippen molar-refractivity contribution in [3.8, 4) is 0 Å². The highest BCUT2D eigenvalue weighted by atomic mass is 32.1. The zero-order valence-corrected chi connectivity index (χ0v) is 73.7. The molecule has 0 radical (unpaired) electrons. The Labute approximate surface area is 685 Å². The molecule has 3 aromatic rings. The number of amides is 7. The van der Waals surface area contributed by atoms with Gasteiger partial charge in [-0.3, -0.25) is 52.8 Å². The molecule has 114 heavy (non-hydrogen) atoms. The number of nitrogens with zero attached hydrogens (tertiary/aromatic N) is 6. The summed E-state index contributed by atoms with van der Waals surface area (Å²) in [6, 6.07) is 15.5. The number of likely N-dealkylation sites (N-methyl/N-ethyl adjacent to an activating group) is 1. The Morgan fingerprint density at radius 2 is 1.12 bits per heavy atom. The van der Waals surface area contributed by atoms with E-state index in [9.17, 15) is 52.7 Å². The minimum Gasteiger partial charge on any atom is -0.499 e. The maximum absolute atomic E-state index is 14.4. The van der Waals surface area contributed by atoms with Crippen molar-refractivity contribution < 1.29 is 71.7 Å². The van der Waals surface area contributed by atoms with Gasteiger partial charge in [0.2, 0.25) is 29.5 Å². The molecule has 634 valence electrons. The molecule has 1 aromatic heterocycles. The van der Waals surface area contributed by atoms with Gasteiger partial charge in [-0.2, -0.15) is 0 Å². The number of hydrogen-bond donors (Lipinski definition) is 1. The second kappa shape index (κ2) is 44.7. The predicted molar refractivity (Wildman–Crippen MR) is 445 cm³/mol. The number of esters is 1. The maximum atomic E-state index is 14.4. The minimum atomic E-state index is -1.31. The Morgan fingerprint density at radius 1 is 0.588 bits per heavy atom. The van der Waals surface area contributed by atoms with Gasteiger partial charge in [-0.05, 0) is 109 Å². The number of carbonyl (C=O) groups excluding carboxylic acids is 11. The lowest BCUT2D eigenvalue weighted by atomic mass is 9.77. The van der Waals surface area contributed by atoms with Crippen LogP contribution in [0.1, 0.15) is 224 Å². The molecule has 14 atom stereocenters. The van der Waals surface area contributed by atoms with Gasteiger partial charge in [-0.1, -0.05) is 199 Å². The highest BCUT2D eigenvalue weighted by molar-refractivity contribution is 7.09. The van der Waals surface area contributed by atoms with Crippen LogP contribution in [0.25, 0.3) is 0 Å². The summed E-state index contributed by atoms with van der Waals surface area (Å²) >= 11 is 1.57. The zero-order chi connectivity index (χ0) is 84.9. The SMILES string of the molecule is CC[C@H](C)[C@@H]([C@@H](CC(=O)N1CCC[C@H]1[C@H](OC)[C@@H](C)C(=O)C[C@@H](Cc1ccccc1)c1nccs1)OC)N(C)C(=O)[C@@H](CC(=O)C(C(C)C)C(C)C)C(C)C.COC1=CC(=O)N(C(=O)C(OC(=O)[C@@H]2CCCN2C(=O)[C@@H]2CCCN2C(=O)[C@@H](NC(=O)[C@@H](CC(=O)C(C(C)C)C(C)C)C(C)C)C(C)C)C(C)C)[C@H]1Cc1ccccc1. The predicted octanol–water partition coefficient (Wildman–Crippen LogP) is 13.9. The average Bonchev–Trinajstić information content (AvgIpc) is 1.55. The highest BCUT2D eigenvalue weighted by Gasteiger charge is 2.50. The van der Waals surface area contributed by atoms with Crippen LogP contribution in [0.5, 0.6) is 0 Å². The van der Waals surface area contributed by atoms with E-state index in [1.165, 1.54) is 23.0 Å². The van der Waals surface area contributed by atoms with E-state index in [1.807, 2.05) is 142 Å². The standard InChI is InChI=1S/C46H68N4O9.C45H71N3O6S/c1-26(2)32(24-36(51)39(27(3)4)28(5)6)42(53)47-40(29(7)8)44(55)48-21-15-19-33(48)43(54)49-22-16-20-34(49)46(57)59-41(30(9)10)45(56)50-35(37(58-11)25-38(50)52)23-31-17-13-12-14-18-31;1-13-31(8)42(47(10)45(52)35(28(2)3)26-38(50)41(29(4)5)30(6)7)39(53-11)27-40(51)48-22-17-20-36(48)43(54-12)32(9)37(49)25-34(44-46-21-23-55-44)24-33-18-15-14-16-19-33/h12-14,17-18,25-30,32-35,39-41H,15-16,19-24H2,1-11H3,(H,47,53);14-16,18-19,21,23,28-32,34-36,39,41-43H,13,17,20,22,24-27H2,1-12H3/t32-,33-,34-,35-,40-,41?;31-,32-,34+,35-,36-,39+,42-,43+/m00/s1. The molecule has 0 saturated carbocycles. The summed E-state index contributed by atoms with van der Waals surface area (Å²) < 4.78 is 23.6. The van der Waals surface area contributed by atoms with Crippen molar-refractivity contribution in [2.45, 2.75) is 276 Å². The average molecular weight is 1600 g/mol. The van der Waals surface area contributed by atoms with Crippen molar-refractivity contribution >= 4 is 76.0 Å². The van der Waals surface area contributed by atoms with Gasteiger partial charge in [0.1, 0.15) is 47.3 Å². The third-order valence-electron chi connectivity index (χ3n) is 24.5. The molecular formula is C91H139N7O15S. The largest absolute Gasteiger partial charge is 0.499 e. The molecule has 22 nitrogen and oxygen atoms in total. The molecule has 5 heterocycles. The lowest BCUT2D eigenvalue weighted by Crippen LogP contribution is -2.57. The Bertz CT molecular complexity index is 3660. The molecule has 7 rings (SSSR count). The van der Waals surface area contributed by atoms with Gasteiger partial charge in [-0.25, -0.2) is 9.78 Å². The number of nitrogens with one attached hydrogen (secondary N) is 1. The van der Waals surface area contributed by atoms with Crippen LogP contribution < -0.4 is 5.32 Å². The van der Waals surface area contributed by atoms with E-state index in [2.05, 4.69) is 64.0 Å². The van der Waals surface area contributed by atoms with Crippen LogP contribution in [-0.2, 0) is 84.5 Å². The summed E-state index contributed by atoms with van der Waals surface area (Å²) in [5.41, 5.74) is 2.05. The number of thiazole rings is 1. The quantitative estimate of drug-likeness (QED) is 0.0517. The van der Waals surface area contributed by atoms with Crippen molar-refractivity contribution in [1.82, 2.24) is 34.8 Å². The molecule has 2 aromatic carbocycles. The first-order valence-corrected chi connectivity index (χ1v) is 43.2. The maximum Gasteiger partial charge on any atom is 0.329 e. The Balaban J connectivity index is 0.000000356. The molecule has 0 spiro atoms. The molecule has 1 unspecified atom stereocenters. The number of Topliss-reactive ketones (excluding diaryl/α,β-unsaturated/α-hetero) is 3. The molecule has 4 aliphatic heterocycles. The highest BCUT2D eigenvalue weighted by Crippen LogP contribution is 2.37. The molecule has 4 aliphatic rings. The van der Waals surface area contributed by atoms with E-state index in [0.717, 1.165) is 46.7 Å². The first kappa shape index (κ1) is 95.3. The molecule has 7 amide bonds. The van der Waals surface area contributed by atoms with E-state index < -0.39 is 83.9 Å². The molecule has 23 heteroatoms. The zero-order valence-electron chi connectivity index (χ0n) is 72.9. The summed E-state index contributed by atoms with van der Waals surface area (Å²) in [4.78, 5) is 166. The van der Waals surface area contributed by atoms with Crippen molar-refractivity contribution in [1.29, 1.82) is 0 Å². The van der Waals surface area contributed by atoms with Crippen LogP contribution >= 0.6 is 11.3 Å². The number of imide groups is 1. The van der Waals surface area contributed by atoms with Gasteiger partial charge in [0.05, 0.1) is 42.8 Å². The third kappa shape index (κ3) is 24.6. The number of methoxy groups -OCH3 is 3. The van der Waals surface area contributed by atoms with E-state index in [4.69, 9.17) is 18.9 Å². The molecule has 3 saturated heterocycles. The van der Waals surface area contributed by atoms with Crippen LogP contribution in [-0.4, -0.2) is 197 Å². The Morgan fingerprint density at radius 3 is 1.62 bits per heavy atom. The second-order valence-corrected chi connectivity index (χ2v) is 36.2. The minimum absolute atomic E-state index is 0.0321. The van der Waals surface area contributed by atoms with Crippen molar-refractivity contribution in [2.24, 2.45) is 82.9 Å². The van der Waals surface area contributed by atoms with Gasteiger partial charge in [0.15, 0.2) is 6.10 Å². The number of aromatic nitrogens is 1. The lowest BCUT2D eigenvalue weighted by molar-refractivity contribution is -0.170. The van der Waals surface area contributed by atoms with Crippen LogP contribution in [0.15, 0.2) is 84.1 Å². The van der Waals surface area contributed by atoms with Crippen LogP contribution in [0.4, 0.5) is 0 Å². The number of hydrogen-bond acceptors (Lipinski definition) is 17. The van der Waals surface area contributed by atoms with Crippen LogP contribution in [0, 0.1) is 82.9 Å². The number of ketones is 3. The summed E-state index contributed by atoms with van der Waals surface area (Å²) in [5, 5.41) is 5.87. The molecule has 3 fully saturated rings. The fraction of sp³-hybridized carbons (Fsp3) is 0.692. The van der Waals surface area contributed by atoms with Crippen molar-refractivity contribution in [3.63, 3.8) is 0 Å². The summed E-state index contributed by atoms with van der Waals surface area (Å²) in [7, 11) is 6.49. The van der Waals surface area contributed by atoms with Gasteiger partial charge in [0.25, 0.3) is 11.8 Å². The molecule has 0 bridgehead atoms. The number of rotatable bonds is 41. The van der Waals surface area contributed by atoms with Crippen LogP contribution in [0.2, 0.25) is 0 Å². The molecular weight excluding hydrogens is 1460 g/mol. The summed E-state index contributed by atoms with van der Waals surface area (Å²) in [6.45, 7) is 38.6. The van der Waals surface area contributed by atoms with Crippen LogP contribution in [0.3, 0.4) is 0 Å². The number of ether oxygens (including phenoxy) is 4. The Hall–Kier alpha value is -7.50. The van der Waals surface area contributed by atoms with E-state index >= 15 is 0 Å². The van der Waals surface area contributed by atoms with Crippen molar-refractivity contribution in [2.75, 3.05) is 48.0 Å². The first-order valence-electron chi connectivity index (χ1n) is 42.3. The fourth-order valence-corrected chi connectivity index (χ4v) is 18.9.